The summed E-state index contributed by atoms with van der Waals surface area (Å²) >= 11 is 5.79. The molecule has 2 atom stereocenters. The molecule has 0 saturated carbocycles. The number of aromatic nitrogens is 2. The van der Waals surface area contributed by atoms with E-state index in [0.717, 1.165) is 33.9 Å². The number of pyridine rings is 1. The third kappa shape index (κ3) is 5.68. The number of nitro benzene ring substituents is 1. The van der Waals surface area contributed by atoms with Crippen LogP contribution in [0.3, 0.4) is 0 Å². The van der Waals surface area contributed by atoms with Crippen LogP contribution < -0.4 is 15.4 Å². The average molecular weight is 585 g/mol. The van der Waals surface area contributed by atoms with Gasteiger partial charge in [0, 0.05) is 36.2 Å². The number of carbonyl (C=O) groups is 1. The lowest BCUT2D eigenvalue weighted by atomic mass is 9.96. The first-order chi connectivity index (χ1) is 20.2. The lowest BCUT2D eigenvalue weighted by Crippen LogP contribution is -2.32. The van der Waals surface area contributed by atoms with Gasteiger partial charge in [0.25, 0.3) is 5.69 Å². The third-order valence-corrected chi connectivity index (χ3v) is 7.87. The number of anilines is 1. The molecule has 1 saturated heterocycles. The number of rotatable bonds is 9. The summed E-state index contributed by atoms with van der Waals surface area (Å²) in [5, 5.41) is 18.9. The number of nitrogens with zero attached hydrogens (tertiary/aromatic N) is 4. The van der Waals surface area contributed by atoms with Gasteiger partial charge in [0.15, 0.2) is 5.11 Å². The highest BCUT2D eigenvalue weighted by atomic mass is 32.1. The minimum absolute atomic E-state index is 0.0614. The van der Waals surface area contributed by atoms with Crippen LogP contribution in [0.2, 0.25) is 0 Å². The lowest BCUT2D eigenvalue weighted by Gasteiger charge is -2.28. The molecule has 1 aliphatic heterocycles. The fourth-order valence-corrected chi connectivity index (χ4v) is 5.82. The van der Waals surface area contributed by atoms with Gasteiger partial charge in [-0.15, -0.1) is 0 Å². The number of hydrogen-bond acceptors (Lipinski definition) is 6. The largest absolute Gasteiger partial charge is 0.496 e. The fourth-order valence-electron chi connectivity index (χ4n) is 5.49. The van der Waals surface area contributed by atoms with E-state index in [4.69, 9.17) is 17.0 Å². The molecule has 2 aromatic heterocycles. The summed E-state index contributed by atoms with van der Waals surface area (Å²) < 4.78 is 7.12. The highest BCUT2D eigenvalue weighted by Crippen LogP contribution is 2.42. The van der Waals surface area contributed by atoms with Gasteiger partial charge in [-0.25, -0.2) is 0 Å². The molecule has 0 bridgehead atoms. The van der Waals surface area contributed by atoms with Crippen LogP contribution in [-0.4, -0.2) is 44.0 Å². The number of thiocarbonyl (C=S) groups is 1. The number of carbonyl (C=O) groups excluding carboxylic acids is 1. The Labute approximate surface area is 249 Å². The molecule has 0 aliphatic carbocycles. The highest BCUT2D eigenvalue weighted by Gasteiger charge is 2.41. The Morgan fingerprint density at radius 1 is 1.12 bits per heavy atom. The molecule has 42 heavy (non-hydrogen) atoms. The molecule has 4 aromatic rings. The number of methoxy groups -OCH3 is 1. The number of amides is 1. The van der Waals surface area contributed by atoms with Crippen molar-refractivity contribution in [3.05, 3.63) is 111 Å². The number of aryl methyl sites for hydroxylation is 2. The van der Waals surface area contributed by atoms with Crippen molar-refractivity contribution in [2.45, 2.75) is 39.3 Å². The molecule has 1 aliphatic rings. The Bertz CT molecular complexity index is 1640. The molecular weight excluding hydrogens is 552 g/mol. The zero-order valence-corrected chi connectivity index (χ0v) is 24.6. The van der Waals surface area contributed by atoms with Gasteiger partial charge in [-0.1, -0.05) is 23.8 Å². The first-order valence-corrected chi connectivity index (χ1v) is 13.9. The quantitative estimate of drug-likeness (QED) is 0.146. The summed E-state index contributed by atoms with van der Waals surface area (Å²) in [7, 11) is 1.48. The molecule has 10 nitrogen and oxygen atoms in total. The fraction of sp³-hybridized carbons (Fsp3) is 0.258. The van der Waals surface area contributed by atoms with Gasteiger partial charge in [0.05, 0.1) is 35.9 Å². The maximum Gasteiger partial charge on any atom is 0.296 e. The minimum atomic E-state index is -0.404. The van der Waals surface area contributed by atoms with Gasteiger partial charge in [-0.05, 0) is 81.0 Å². The molecular formula is C31H32N6O4S. The molecule has 5 rings (SSSR count). The molecule has 2 aromatic carbocycles. The Hall–Kier alpha value is -4.77. The summed E-state index contributed by atoms with van der Waals surface area (Å²) in [4.78, 5) is 31.2. The Balaban J connectivity index is 1.51. The average Bonchev–Trinajstić information content (AvgIpc) is 3.47. The smallest absolute Gasteiger partial charge is 0.296 e. The van der Waals surface area contributed by atoms with Gasteiger partial charge in [0.2, 0.25) is 5.91 Å². The van der Waals surface area contributed by atoms with Crippen LogP contribution in [0.5, 0.6) is 5.75 Å². The third-order valence-electron chi connectivity index (χ3n) is 7.52. The van der Waals surface area contributed by atoms with Gasteiger partial charge in [0.1, 0.15) is 11.4 Å². The van der Waals surface area contributed by atoms with Crippen LogP contribution in [0, 0.1) is 30.9 Å². The maximum absolute atomic E-state index is 12.9. The maximum atomic E-state index is 12.9. The minimum Gasteiger partial charge on any atom is -0.496 e. The standard InChI is InChI=1S/C31H32N6O4S/c1-19-8-10-22(11-9-19)33-28(38)14-16-35-30(29(34-31(35)42)25-7-5-6-15-32-25)24-17-20(2)36(21(24)3)26-13-12-23(41-4)18-27(26)37(39)40/h5-13,15,17-18,29-30H,14,16H2,1-4H3,(H,33,38)(H,34,42)/t29-,30-/m0/s1. The summed E-state index contributed by atoms with van der Waals surface area (Å²) in [5.41, 5.74) is 5.61. The summed E-state index contributed by atoms with van der Waals surface area (Å²) in [5.74, 6) is 0.282. The normalized spacial score (nSPS) is 16.3. The van der Waals surface area contributed by atoms with Gasteiger partial charge in [-0.2, -0.15) is 0 Å². The van der Waals surface area contributed by atoms with Crippen molar-refractivity contribution in [3.8, 4) is 11.4 Å². The van der Waals surface area contributed by atoms with Crippen molar-refractivity contribution < 1.29 is 14.5 Å². The van der Waals surface area contributed by atoms with Crippen LogP contribution in [0.4, 0.5) is 11.4 Å². The predicted molar refractivity (Wildman–Crippen MR) is 165 cm³/mol. The van der Waals surface area contributed by atoms with Crippen LogP contribution in [0.1, 0.15) is 46.7 Å². The molecule has 0 spiro atoms. The van der Waals surface area contributed by atoms with E-state index in [1.54, 1.807) is 18.3 Å². The van der Waals surface area contributed by atoms with Gasteiger partial charge in [-0.3, -0.25) is 19.9 Å². The van der Waals surface area contributed by atoms with Crippen molar-refractivity contribution in [3.63, 3.8) is 0 Å². The number of ether oxygens (including phenoxy) is 1. The molecule has 2 N–H and O–H groups in total. The van der Waals surface area contributed by atoms with E-state index in [2.05, 4.69) is 15.6 Å². The van der Waals surface area contributed by atoms with Crippen LogP contribution in [0.25, 0.3) is 5.69 Å². The van der Waals surface area contributed by atoms with E-state index in [0.29, 0.717) is 23.1 Å². The van der Waals surface area contributed by atoms with E-state index in [1.807, 2.05) is 78.8 Å². The monoisotopic (exact) mass is 584 g/mol. The number of benzene rings is 2. The van der Waals surface area contributed by atoms with Crippen molar-refractivity contribution in [2.24, 2.45) is 0 Å². The first kappa shape index (κ1) is 28.7. The van der Waals surface area contributed by atoms with Gasteiger partial charge >= 0.3 is 0 Å². The number of nitro groups is 1. The molecule has 3 heterocycles. The molecule has 0 radical (unpaired) electrons. The Morgan fingerprint density at radius 2 is 1.88 bits per heavy atom. The van der Waals surface area contributed by atoms with Crippen molar-refractivity contribution in [1.29, 1.82) is 0 Å². The van der Waals surface area contributed by atoms with E-state index in [-0.39, 0.29) is 30.1 Å². The summed E-state index contributed by atoms with van der Waals surface area (Å²) in [6.07, 6.45) is 1.95. The molecule has 1 fully saturated rings. The van der Waals surface area contributed by atoms with Crippen molar-refractivity contribution >= 4 is 34.6 Å². The Morgan fingerprint density at radius 3 is 2.55 bits per heavy atom. The molecule has 0 unspecified atom stereocenters. The summed E-state index contributed by atoms with van der Waals surface area (Å²) in [6, 6.07) is 19.6. The zero-order valence-electron chi connectivity index (χ0n) is 23.8. The number of nitrogens with one attached hydrogen (secondary N) is 2. The summed E-state index contributed by atoms with van der Waals surface area (Å²) in [6.45, 7) is 6.22. The molecule has 11 heteroatoms. The molecule has 216 valence electrons. The van der Waals surface area contributed by atoms with Crippen LogP contribution in [-0.2, 0) is 4.79 Å². The van der Waals surface area contributed by atoms with Crippen molar-refractivity contribution in [2.75, 3.05) is 19.0 Å². The first-order valence-electron chi connectivity index (χ1n) is 13.5. The molecule has 1 amide bonds. The van der Waals surface area contributed by atoms with E-state index >= 15 is 0 Å². The van der Waals surface area contributed by atoms with Crippen LogP contribution >= 0.6 is 12.2 Å². The second-order valence-electron chi connectivity index (χ2n) is 10.3. The van der Waals surface area contributed by atoms with Crippen LogP contribution in [0.15, 0.2) is 72.9 Å². The second-order valence-corrected chi connectivity index (χ2v) is 10.6. The SMILES string of the molecule is COc1ccc(-n2c(C)cc([C@H]3[C@H](c4ccccn4)NC(=S)N3CCC(=O)Nc3ccc(C)cc3)c2C)c([N+](=O)[O-])c1. The zero-order chi connectivity index (χ0) is 30.0. The highest BCUT2D eigenvalue weighted by molar-refractivity contribution is 7.80. The second kappa shape index (κ2) is 12.0. The lowest BCUT2D eigenvalue weighted by molar-refractivity contribution is -0.384. The predicted octanol–water partition coefficient (Wildman–Crippen LogP) is 5.72. The van der Waals surface area contributed by atoms with Gasteiger partial charge < -0.3 is 24.8 Å². The topological polar surface area (TPSA) is 115 Å². The van der Waals surface area contributed by atoms with E-state index in [9.17, 15) is 14.9 Å². The Kier molecular flexibility index (Phi) is 8.21. The van der Waals surface area contributed by atoms with Crippen molar-refractivity contribution in [1.82, 2.24) is 19.8 Å². The van der Waals surface area contributed by atoms with E-state index < -0.39 is 4.92 Å². The van der Waals surface area contributed by atoms with E-state index in [1.165, 1.54) is 13.2 Å². The number of hydrogen-bond donors (Lipinski definition) is 2.